The van der Waals surface area contributed by atoms with Gasteiger partial charge in [-0.2, -0.15) is 0 Å². The van der Waals surface area contributed by atoms with E-state index in [1.807, 2.05) is 47.0 Å². The van der Waals surface area contributed by atoms with E-state index in [0.29, 0.717) is 17.8 Å². The normalized spacial score (nSPS) is 34.1. The maximum absolute atomic E-state index is 5.94. The summed E-state index contributed by atoms with van der Waals surface area (Å²) < 4.78 is 28.9. The molecule has 5 aliphatic rings. The first kappa shape index (κ1) is 17.0. The van der Waals surface area contributed by atoms with Crippen LogP contribution in [0, 0.1) is 0 Å². The molecule has 0 aromatic carbocycles. The van der Waals surface area contributed by atoms with Crippen LogP contribution in [0.4, 0.5) is 0 Å². The maximum atomic E-state index is 5.94. The van der Waals surface area contributed by atoms with E-state index in [0.717, 1.165) is 10.2 Å². The third-order valence-corrected chi connectivity index (χ3v) is 12.7. The molecule has 0 N–H and O–H groups in total. The van der Waals surface area contributed by atoms with Crippen molar-refractivity contribution in [1.29, 1.82) is 0 Å². The lowest BCUT2D eigenvalue weighted by Gasteiger charge is -2.17. The molecule has 2 atom stereocenters. The Hall–Kier alpha value is 0.840. The summed E-state index contributed by atoms with van der Waals surface area (Å²) in [7, 11) is 0. The van der Waals surface area contributed by atoms with Gasteiger partial charge in [-0.05, 0) is 37.4 Å². The van der Waals surface area contributed by atoms with Gasteiger partial charge in [0.15, 0.2) is 6.29 Å². The molecule has 0 saturated carbocycles. The first-order valence-electron chi connectivity index (χ1n) is 7.51. The van der Waals surface area contributed by atoms with Crippen molar-refractivity contribution in [2.24, 2.45) is 0 Å². The van der Waals surface area contributed by atoms with Crippen LogP contribution in [-0.2, 0) is 18.9 Å². The lowest BCUT2D eigenvalue weighted by molar-refractivity contribution is -0.0486. The summed E-state index contributed by atoms with van der Waals surface area (Å²) in [5, 5.41) is 1.85. The molecular formula is C14H14O4S6. The van der Waals surface area contributed by atoms with Gasteiger partial charge in [0.2, 0.25) is 10.2 Å². The minimum absolute atomic E-state index is 0.112. The summed E-state index contributed by atoms with van der Waals surface area (Å²) in [5.41, 5.74) is 0. The van der Waals surface area contributed by atoms with Crippen LogP contribution in [0.15, 0.2) is 27.1 Å². The van der Waals surface area contributed by atoms with E-state index < -0.39 is 0 Å². The van der Waals surface area contributed by atoms with Crippen LogP contribution in [0.3, 0.4) is 0 Å². The fraction of sp³-hybridized carbons (Fsp3) is 0.571. The summed E-state index contributed by atoms with van der Waals surface area (Å²) in [6.45, 7) is 5.45. The maximum Gasteiger partial charge on any atom is 0.208 e. The predicted molar refractivity (Wildman–Crippen MR) is 107 cm³/mol. The topological polar surface area (TPSA) is 36.9 Å². The molecular weight excluding hydrogens is 425 g/mol. The summed E-state index contributed by atoms with van der Waals surface area (Å²) >= 11 is 10.9. The van der Waals surface area contributed by atoms with E-state index in [4.69, 9.17) is 18.9 Å². The molecule has 0 aromatic rings. The molecule has 1 fully saturated rings. The van der Waals surface area contributed by atoms with Crippen molar-refractivity contribution < 1.29 is 18.9 Å². The zero-order valence-electron chi connectivity index (χ0n) is 12.8. The molecule has 5 aliphatic heterocycles. The van der Waals surface area contributed by atoms with Crippen LogP contribution in [0.25, 0.3) is 0 Å². The molecule has 1 saturated heterocycles. The molecule has 0 unspecified atom stereocenters. The Kier molecular flexibility index (Phi) is 4.79. The Balaban J connectivity index is 1.23. The SMILES string of the molecule is C[C@H]1OC(C2SC3=C(SC(=C4SC5=C(OCCO5)S4)S3)S2)O[C@@H]1C. The van der Waals surface area contributed by atoms with Crippen LogP contribution < -0.4 is 0 Å². The number of rotatable bonds is 1. The molecule has 0 bridgehead atoms. The molecule has 5 heterocycles. The number of hydrogen-bond acceptors (Lipinski definition) is 10. The van der Waals surface area contributed by atoms with Crippen molar-refractivity contribution in [3.8, 4) is 0 Å². The lowest BCUT2D eigenvalue weighted by Crippen LogP contribution is -2.20. The van der Waals surface area contributed by atoms with Crippen LogP contribution >= 0.6 is 70.6 Å². The molecule has 24 heavy (non-hydrogen) atoms. The van der Waals surface area contributed by atoms with E-state index in [-0.39, 0.29) is 18.5 Å². The zero-order valence-corrected chi connectivity index (χ0v) is 17.7. The summed E-state index contributed by atoms with van der Waals surface area (Å²) in [6, 6.07) is 0. The van der Waals surface area contributed by atoms with Crippen molar-refractivity contribution >= 4 is 70.6 Å². The number of hydrogen-bond donors (Lipinski definition) is 0. The molecule has 5 rings (SSSR count). The van der Waals surface area contributed by atoms with Gasteiger partial charge in [0.25, 0.3) is 0 Å². The minimum Gasteiger partial charge on any atom is -0.480 e. The molecule has 0 amide bonds. The molecule has 0 spiro atoms. The molecule has 10 heteroatoms. The first-order chi connectivity index (χ1) is 11.7. The lowest BCUT2D eigenvalue weighted by atomic mass is 10.3. The van der Waals surface area contributed by atoms with Crippen LogP contribution in [0.1, 0.15) is 13.8 Å². The van der Waals surface area contributed by atoms with E-state index in [2.05, 4.69) is 13.8 Å². The molecule has 0 aromatic heterocycles. The smallest absolute Gasteiger partial charge is 0.208 e. The zero-order chi connectivity index (χ0) is 16.3. The Morgan fingerprint density at radius 2 is 1.21 bits per heavy atom. The Morgan fingerprint density at radius 1 is 0.708 bits per heavy atom. The summed E-state index contributed by atoms with van der Waals surface area (Å²) in [6.07, 6.45) is 0.237. The third kappa shape index (κ3) is 3.04. The van der Waals surface area contributed by atoms with Crippen molar-refractivity contribution in [3.63, 3.8) is 0 Å². The molecule has 0 radical (unpaired) electrons. The average Bonchev–Trinajstić information content (AvgIpc) is 3.29. The number of thioether (sulfide) groups is 6. The highest BCUT2D eigenvalue weighted by Crippen LogP contribution is 2.69. The van der Waals surface area contributed by atoms with Crippen molar-refractivity contribution in [1.82, 2.24) is 0 Å². The Bertz CT molecular complexity index is 624. The second kappa shape index (κ2) is 6.78. The highest BCUT2D eigenvalue weighted by atomic mass is 32.3. The summed E-state index contributed by atoms with van der Waals surface area (Å²) in [5.74, 6) is 0. The minimum atomic E-state index is -0.112. The monoisotopic (exact) mass is 438 g/mol. The number of ether oxygens (including phenoxy) is 4. The van der Waals surface area contributed by atoms with Crippen molar-refractivity contribution in [2.75, 3.05) is 13.2 Å². The first-order valence-corrected chi connectivity index (χ1v) is 12.5. The van der Waals surface area contributed by atoms with E-state index >= 15 is 0 Å². The van der Waals surface area contributed by atoms with Gasteiger partial charge in [-0.25, -0.2) is 0 Å². The molecule has 130 valence electrons. The van der Waals surface area contributed by atoms with Crippen molar-refractivity contribution in [3.05, 3.63) is 27.1 Å². The van der Waals surface area contributed by atoms with Gasteiger partial charge in [0.1, 0.15) is 17.8 Å². The third-order valence-electron chi connectivity index (χ3n) is 3.82. The van der Waals surface area contributed by atoms with E-state index in [1.54, 1.807) is 23.5 Å². The van der Waals surface area contributed by atoms with Gasteiger partial charge in [0, 0.05) is 0 Å². The molecule has 0 aliphatic carbocycles. The Labute approximate surface area is 166 Å². The second-order valence-corrected chi connectivity index (χ2v) is 13.1. The van der Waals surface area contributed by atoms with Crippen molar-refractivity contribution in [2.45, 2.75) is 36.9 Å². The predicted octanol–water partition coefficient (Wildman–Crippen LogP) is 5.33. The van der Waals surface area contributed by atoms with Gasteiger partial charge >= 0.3 is 0 Å². The molecule has 4 nitrogen and oxygen atoms in total. The van der Waals surface area contributed by atoms with Gasteiger partial charge in [-0.3, -0.25) is 0 Å². The average molecular weight is 439 g/mol. The van der Waals surface area contributed by atoms with Gasteiger partial charge in [-0.15, -0.1) is 0 Å². The largest absolute Gasteiger partial charge is 0.480 e. The van der Waals surface area contributed by atoms with Crippen LogP contribution in [0.5, 0.6) is 0 Å². The second-order valence-electron chi connectivity index (χ2n) is 5.48. The van der Waals surface area contributed by atoms with Crippen LogP contribution in [0.2, 0.25) is 0 Å². The fourth-order valence-corrected chi connectivity index (χ4v) is 11.9. The fourth-order valence-electron chi connectivity index (χ4n) is 2.45. The highest BCUT2D eigenvalue weighted by molar-refractivity contribution is 8.47. The van der Waals surface area contributed by atoms with E-state index in [9.17, 15) is 0 Å². The quantitative estimate of drug-likeness (QED) is 0.536. The van der Waals surface area contributed by atoms with E-state index in [1.165, 1.54) is 16.9 Å². The van der Waals surface area contributed by atoms with Gasteiger partial charge in [0.05, 0.1) is 29.2 Å². The van der Waals surface area contributed by atoms with Gasteiger partial charge < -0.3 is 18.9 Å². The van der Waals surface area contributed by atoms with Crippen LogP contribution in [-0.4, -0.2) is 36.3 Å². The Morgan fingerprint density at radius 3 is 1.75 bits per heavy atom. The highest BCUT2D eigenvalue weighted by Gasteiger charge is 2.44. The van der Waals surface area contributed by atoms with Gasteiger partial charge in [-0.1, -0.05) is 47.0 Å². The standard InChI is InChI=1S/C14H14O4S6/c1-5-6(2)18-7(17-5)10-21-13-14(22-10)24-12(23-13)11-19-8-9(20-11)16-4-3-15-8/h5-7,10H,3-4H2,1-2H3/t5-,6-/m1/s1. The summed E-state index contributed by atoms with van der Waals surface area (Å²) in [4.78, 5) is 0.